The minimum Gasteiger partial charge on any atom is -0.489 e. The van der Waals surface area contributed by atoms with Gasteiger partial charge in [-0.2, -0.15) is 4.99 Å². The molecule has 128 valence electrons. The van der Waals surface area contributed by atoms with Gasteiger partial charge in [-0.25, -0.2) is 8.78 Å². The van der Waals surface area contributed by atoms with E-state index in [-0.39, 0.29) is 34.3 Å². The Morgan fingerprint density at radius 3 is 2.48 bits per heavy atom. The van der Waals surface area contributed by atoms with Gasteiger partial charge in [-0.15, -0.1) is 0 Å². The number of carbonyl (C=O) groups excluding carboxylic acids is 1. The van der Waals surface area contributed by atoms with Gasteiger partial charge in [0.2, 0.25) is 0 Å². The summed E-state index contributed by atoms with van der Waals surface area (Å²) in [7, 11) is 0. The fourth-order valence-electron chi connectivity index (χ4n) is 2.54. The van der Waals surface area contributed by atoms with Crippen molar-refractivity contribution in [3.05, 3.63) is 69.8 Å². The summed E-state index contributed by atoms with van der Waals surface area (Å²) in [6, 6.07) is 6.44. The third kappa shape index (κ3) is 3.32. The first-order chi connectivity index (χ1) is 11.9. The van der Waals surface area contributed by atoms with Gasteiger partial charge >= 0.3 is 0 Å². The van der Waals surface area contributed by atoms with Crippen LogP contribution in [-0.4, -0.2) is 18.5 Å². The third-order valence-electron chi connectivity index (χ3n) is 3.55. The molecular formula is C17H12ClF2N3O2. The van der Waals surface area contributed by atoms with Gasteiger partial charge in [0.1, 0.15) is 24.0 Å². The molecule has 0 aliphatic carbocycles. The third-order valence-corrected chi connectivity index (χ3v) is 3.77. The van der Waals surface area contributed by atoms with Gasteiger partial charge in [0, 0.05) is 16.1 Å². The molecule has 0 spiro atoms. The maximum Gasteiger partial charge on any atom is 0.280 e. The minimum absolute atomic E-state index is 0.0525. The van der Waals surface area contributed by atoms with Crippen LogP contribution in [0, 0.1) is 11.6 Å². The van der Waals surface area contributed by atoms with Gasteiger partial charge in [0.05, 0.1) is 5.56 Å². The van der Waals surface area contributed by atoms with Gasteiger partial charge in [0.15, 0.2) is 5.96 Å². The van der Waals surface area contributed by atoms with Gasteiger partial charge < -0.3 is 16.2 Å². The van der Waals surface area contributed by atoms with E-state index in [1.54, 1.807) is 0 Å². The van der Waals surface area contributed by atoms with E-state index in [0.29, 0.717) is 11.3 Å². The maximum absolute atomic E-state index is 14.3. The summed E-state index contributed by atoms with van der Waals surface area (Å²) < 4.78 is 34.0. The zero-order chi connectivity index (χ0) is 18.1. The van der Waals surface area contributed by atoms with Crippen molar-refractivity contribution in [2.24, 2.45) is 16.5 Å². The van der Waals surface area contributed by atoms with Crippen molar-refractivity contribution in [3.63, 3.8) is 0 Å². The van der Waals surface area contributed by atoms with E-state index in [1.807, 2.05) is 0 Å². The number of rotatable bonds is 2. The van der Waals surface area contributed by atoms with Crippen molar-refractivity contribution in [2.45, 2.75) is 0 Å². The summed E-state index contributed by atoms with van der Waals surface area (Å²) in [4.78, 5) is 15.4. The quantitative estimate of drug-likeness (QED) is 0.634. The van der Waals surface area contributed by atoms with Crippen LogP contribution in [0.4, 0.5) is 8.78 Å². The molecule has 0 saturated heterocycles. The fourth-order valence-corrected chi connectivity index (χ4v) is 2.73. The zero-order valence-corrected chi connectivity index (χ0v) is 13.5. The van der Waals surface area contributed by atoms with Crippen molar-refractivity contribution >= 4 is 29.0 Å². The number of fused-ring (bicyclic) bond motifs is 1. The number of aliphatic imine (C=N–C) groups is 1. The van der Waals surface area contributed by atoms with Crippen LogP contribution < -0.4 is 16.2 Å². The van der Waals surface area contributed by atoms with Crippen LogP contribution >= 0.6 is 11.6 Å². The smallest absolute Gasteiger partial charge is 0.280 e. The molecule has 0 fully saturated rings. The highest BCUT2D eigenvalue weighted by atomic mass is 35.5. The van der Waals surface area contributed by atoms with Crippen LogP contribution in [0.3, 0.4) is 0 Å². The summed E-state index contributed by atoms with van der Waals surface area (Å²) in [5, 5.41) is -0.0525. The van der Waals surface area contributed by atoms with Crippen molar-refractivity contribution < 1.29 is 18.3 Å². The molecule has 0 unspecified atom stereocenters. The number of hydrogen-bond donors (Lipinski definition) is 2. The van der Waals surface area contributed by atoms with Crippen LogP contribution in [0.25, 0.3) is 5.57 Å². The van der Waals surface area contributed by atoms with Crippen molar-refractivity contribution in [1.82, 2.24) is 0 Å². The number of amides is 1. The fraction of sp³-hybridized carbons (Fsp3) is 0.0588. The highest BCUT2D eigenvalue weighted by molar-refractivity contribution is 6.30. The van der Waals surface area contributed by atoms with E-state index in [0.717, 1.165) is 12.1 Å². The van der Waals surface area contributed by atoms with Crippen molar-refractivity contribution in [3.8, 4) is 5.75 Å². The molecule has 0 aromatic heterocycles. The number of hydrogen-bond acceptors (Lipinski definition) is 2. The minimum atomic E-state index is -0.815. The highest BCUT2D eigenvalue weighted by Crippen LogP contribution is 2.37. The number of nitrogens with two attached hydrogens (primary N) is 2. The van der Waals surface area contributed by atoms with Crippen LogP contribution in [0.15, 0.2) is 41.4 Å². The largest absolute Gasteiger partial charge is 0.489 e. The predicted molar refractivity (Wildman–Crippen MR) is 90.5 cm³/mol. The number of guanidine groups is 1. The summed E-state index contributed by atoms with van der Waals surface area (Å²) in [6.45, 7) is 0.130. The molecule has 1 aliphatic rings. The SMILES string of the molecule is NC(N)=NC(=O)c1ccc2c(c1)C(c1c(F)cc(Cl)cc1F)=CCO2. The van der Waals surface area contributed by atoms with E-state index >= 15 is 0 Å². The van der Waals surface area contributed by atoms with E-state index in [9.17, 15) is 13.6 Å². The molecule has 4 N–H and O–H groups in total. The Bertz CT molecular complexity index is 914. The summed E-state index contributed by atoms with van der Waals surface area (Å²) in [6.07, 6.45) is 1.52. The lowest BCUT2D eigenvalue weighted by atomic mass is 9.93. The number of nitrogens with zero attached hydrogens (tertiary/aromatic N) is 1. The first-order valence-electron chi connectivity index (χ1n) is 7.13. The molecule has 5 nitrogen and oxygen atoms in total. The average Bonchev–Trinajstić information content (AvgIpc) is 2.53. The summed E-state index contributed by atoms with van der Waals surface area (Å²) >= 11 is 5.67. The van der Waals surface area contributed by atoms with Gasteiger partial charge in [-0.3, -0.25) is 4.79 Å². The Labute approximate surface area is 146 Å². The number of carbonyl (C=O) groups is 1. The molecule has 0 bridgehead atoms. The molecule has 0 radical (unpaired) electrons. The lowest BCUT2D eigenvalue weighted by Gasteiger charge is -2.20. The van der Waals surface area contributed by atoms with E-state index in [4.69, 9.17) is 27.8 Å². The van der Waals surface area contributed by atoms with Crippen LogP contribution in [0.1, 0.15) is 21.5 Å². The second-order valence-electron chi connectivity index (χ2n) is 5.23. The van der Waals surface area contributed by atoms with Crippen molar-refractivity contribution in [2.75, 3.05) is 6.61 Å². The van der Waals surface area contributed by atoms with Crippen LogP contribution in [0.2, 0.25) is 5.02 Å². The molecule has 0 saturated carbocycles. The predicted octanol–water partition coefficient (Wildman–Crippen LogP) is 2.86. The van der Waals surface area contributed by atoms with Crippen LogP contribution in [-0.2, 0) is 0 Å². The highest BCUT2D eigenvalue weighted by Gasteiger charge is 2.23. The Hall–Kier alpha value is -2.93. The van der Waals surface area contributed by atoms with Crippen molar-refractivity contribution in [1.29, 1.82) is 0 Å². The topological polar surface area (TPSA) is 90.7 Å². The zero-order valence-electron chi connectivity index (χ0n) is 12.7. The Morgan fingerprint density at radius 2 is 1.84 bits per heavy atom. The molecule has 1 heterocycles. The molecule has 2 aromatic rings. The lowest BCUT2D eigenvalue weighted by molar-refractivity contribution is 0.100. The van der Waals surface area contributed by atoms with Gasteiger partial charge in [-0.05, 0) is 42.0 Å². The number of halogens is 3. The first kappa shape index (κ1) is 16.9. The lowest BCUT2D eigenvalue weighted by Crippen LogP contribution is -2.24. The average molecular weight is 364 g/mol. The summed E-state index contributed by atoms with van der Waals surface area (Å²) in [5.41, 5.74) is 10.9. The molecule has 3 rings (SSSR count). The second kappa shape index (κ2) is 6.52. The number of ether oxygens (including phenoxy) is 1. The monoisotopic (exact) mass is 363 g/mol. The standard InChI is InChI=1S/C17H12ClF2N3O2/c18-9-6-12(19)15(13(20)7-9)10-3-4-25-14-2-1-8(5-11(10)14)16(24)23-17(21)22/h1-3,5-7H,4H2,(H4,21,22,23,24). The molecule has 2 aromatic carbocycles. The van der Waals surface area contributed by atoms with E-state index in [1.165, 1.54) is 24.3 Å². The molecule has 1 aliphatic heterocycles. The maximum atomic E-state index is 14.3. The first-order valence-corrected chi connectivity index (χ1v) is 7.51. The normalized spacial score (nSPS) is 12.7. The van der Waals surface area contributed by atoms with Crippen LogP contribution in [0.5, 0.6) is 5.75 Å². The molecule has 1 amide bonds. The Balaban J connectivity index is 2.14. The Morgan fingerprint density at radius 1 is 1.16 bits per heavy atom. The molecule has 0 atom stereocenters. The van der Waals surface area contributed by atoms with Gasteiger partial charge in [0.25, 0.3) is 5.91 Å². The van der Waals surface area contributed by atoms with E-state index in [2.05, 4.69) is 4.99 Å². The molecule has 8 heteroatoms. The molecular weight excluding hydrogens is 352 g/mol. The number of benzene rings is 2. The Kier molecular flexibility index (Phi) is 4.41. The second-order valence-corrected chi connectivity index (χ2v) is 5.66. The summed E-state index contributed by atoms with van der Waals surface area (Å²) in [5.74, 6) is -2.31. The van der Waals surface area contributed by atoms with Gasteiger partial charge in [-0.1, -0.05) is 11.6 Å². The van der Waals surface area contributed by atoms with E-state index < -0.39 is 17.5 Å². The molecule has 25 heavy (non-hydrogen) atoms.